The maximum absolute atomic E-state index is 13.4. The summed E-state index contributed by atoms with van der Waals surface area (Å²) in [5, 5.41) is 0. The topological polar surface area (TPSA) is 76.2 Å². The summed E-state index contributed by atoms with van der Waals surface area (Å²) in [5.74, 6) is -1.49. The van der Waals surface area contributed by atoms with E-state index in [9.17, 15) is 14.4 Å². The number of hydrogen-bond donors (Lipinski definition) is 0. The highest BCUT2D eigenvalue weighted by atomic mass is 16.5. The second-order valence-electron chi connectivity index (χ2n) is 9.03. The van der Waals surface area contributed by atoms with Crippen LogP contribution in [0, 0.1) is 11.8 Å². The Labute approximate surface area is 183 Å². The summed E-state index contributed by atoms with van der Waals surface area (Å²) in [6.07, 6.45) is 3.91. The molecular weight excluding hydrogens is 396 g/mol. The van der Waals surface area contributed by atoms with Gasteiger partial charge < -0.3 is 19.3 Å². The number of carbonyl (C=O) groups excluding carboxylic acids is 3. The molecule has 168 valence electrons. The van der Waals surface area contributed by atoms with Crippen molar-refractivity contribution < 1.29 is 23.9 Å². The van der Waals surface area contributed by atoms with Crippen molar-refractivity contribution in [2.75, 3.05) is 31.1 Å². The number of morpholine rings is 1. The van der Waals surface area contributed by atoms with Crippen LogP contribution in [0.5, 0.6) is 0 Å². The van der Waals surface area contributed by atoms with Crippen LogP contribution in [-0.4, -0.2) is 61.1 Å². The molecule has 0 bridgehead atoms. The number of anilines is 1. The first-order chi connectivity index (χ1) is 14.9. The van der Waals surface area contributed by atoms with Gasteiger partial charge in [0.2, 0.25) is 5.91 Å². The summed E-state index contributed by atoms with van der Waals surface area (Å²) < 4.78 is 11.1. The molecule has 2 amide bonds. The molecule has 2 aliphatic heterocycles. The number of benzene rings is 1. The van der Waals surface area contributed by atoms with Gasteiger partial charge in [-0.2, -0.15) is 0 Å². The monoisotopic (exact) mass is 428 g/mol. The predicted molar refractivity (Wildman–Crippen MR) is 115 cm³/mol. The first kappa shape index (κ1) is 21.8. The van der Waals surface area contributed by atoms with Crippen LogP contribution in [0.2, 0.25) is 0 Å². The van der Waals surface area contributed by atoms with Crippen LogP contribution in [-0.2, 0) is 30.3 Å². The van der Waals surface area contributed by atoms with Crippen LogP contribution in [0.3, 0.4) is 0 Å². The molecule has 31 heavy (non-hydrogen) atoms. The van der Waals surface area contributed by atoms with Crippen molar-refractivity contribution in [2.24, 2.45) is 11.8 Å². The van der Waals surface area contributed by atoms with Crippen LogP contribution in [0.4, 0.5) is 5.69 Å². The normalized spacial score (nSPS) is 28.2. The van der Waals surface area contributed by atoms with Crippen molar-refractivity contribution in [3.8, 4) is 0 Å². The minimum Gasteiger partial charge on any atom is -0.455 e. The van der Waals surface area contributed by atoms with E-state index in [1.165, 1.54) is 5.56 Å². The molecule has 1 aromatic rings. The quantitative estimate of drug-likeness (QED) is 0.689. The molecule has 1 aromatic carbocycles. The number of carbonyl (C=O) groups is 3. The third-order valence-electron chi connectivity index (χ3n) is 6.65. The number of hydrogen-bond acceptors (Lipinski definition) is 5. The van der Waals surface area contributed by atoms with Crippen LogP contribution in [0.15, 0.2) is 24.3 Å². The maximum Gasteiger partial charge on any atom is 0.310 e. The van der Waals surface area contributed by atoms with E-state index >= 15 is 0 Å². The zero-order valence-electron chi connectivity index (χ0n) is 18.4. The van der Waals surface area contributed by atoms with Crippen LogP contribution in [0.25, 0.3) is 0 Å². The van der Waals surface area contributed by atoms with E-state index < -0.39 is 11.9 Å². The Morgan fingerprint density at radius 1 is 1.03 bits per heavy atom. The Balaban J connectivity index is 1.37. The zero-order valence-corrected chi connectivity index (χ0v) is 18.4. The van der Waals surface area contributed by atoms with E-state index in [1.807, 2.05) is 43.0 Å². The van der Waals surface area contributed by atoms with Crippen LogP contribution in [0.1, 0.15) is 45.1 Å². The molecule has 2 fully saturated rings. The van der Waals surface area contributed by atoms with Crippen molar-refractivity contribution in [2.45, 2.75) is 58.2 Å². The molecule has 1 saturated heterocycles. The van der Waals surface area contributed by atoms with E-state index in [-0.39, 0.29) is 36.5 Å². The highest BCUT2D eigenvalue weighted by molar-refractivity contribution is 5.99. The van der Waals surface area contributed by atoms with Gasteiger partial charge in [0.15, 0.2) is 6.61 Å². The highest BCUT2D eigenvalue weighted by Crippen LogP contribution is 2.36. The minimum atomic E-state index is -0.482. The number of rotatable bonds is 4. The lowest BCUT2D eigenvalue weighted by Crippen LogP contribution is -2.49. The molecule has 0 radical (unpaired) electrons. The molecule has 0 aromatic heterocycles. The summed E-state index contributed by atoms with van der Waals surface area (Å²) in [4.78, 5) is 42.3. The first-order valence-electron chi connectivity index (χ1n) is 11.4. The highest BCUT2D eigenvalue weighted by Gasteiger charge is 2.40. The zero-order chi connectivity index (χ0) is 22.0. The van der Waals surface area contributed by atoms with Crippen molar-refractivity contribution in [1.29, 1.82) is 0 Å². The Hall–Kier alpha value is -2.41. The largest absolute Gasteiger partial charge is 0.455 e. The molecule has 7 heteroatoms. The fraction of sp³-hybridized carbons (Fsp3) is 0.625. The van der Waals surface area contributed by atoms with Gasteiger partial charge in [0.25, 0.3) is 5.91 Å². The number of fused-ring (bicyclic) bond motifs is 1. The standard InChI is InChI=1S/C24H32N2O5/c1-16-13-25(14-17(2)31-16)22(27)15-30-24(29)20-9-5-4-8-19(20)23(28)26-12-11-18-7-3-6-10-21(18)26/h3,6-7,10,16-17,19-20H,4-5,8-9,11-15H2,1-2H3. The lowest BCUT2D eigenvalue weighted by Gasteiger charge is -2.35. The molecule has 7 nitrogen and oxygen atoms in total. The third kappa shape index (κ3) is 4.76. The second-order valence-corrected chi connectivity index (χ2v) is 9.03. The molecule has 0 N–H and O–H groups in total. The lowest BCUT2D eigenvalue weighted by molar-refractivity contribution is -0.162. The fourth-order valence-corrected chi connectivity index (χ4v) is 5.19. The van der Waals surface area contributed by atoms with Gasteiger partial charge in [-0.1, -0.05) is 31.0 Å². The summed E-state index contributed by atoms with van der Waals surface area (Å²) in [5.41, 5.74) is 2.13. The lowest BCUT2D eigenvalue weighted by atomic mass is 9.78. The van der Waals surface area contributed by atoms with Gasteiger partial charge in [0, 0.05) is 25.3 Å². The Bertz CT molecular complexity index is 831. The van der Waals surface area contributed by atoms with E-state index in [1.54, 1.807) is 4.90 Å². The molecule has 3 aliphatic rings. The average Bonchev–Trinajstić information content (AvgIpc) is 3.20. The number of ether oxygens (including phenoxy) is 2. The van der Waals surface area contributed by atoms with Gasteiger partial charge in [0.1, 0.15) is 0 Å². The molecule has 2 heterocycles. The fourth-order valence-electron chi connectivity index (χ4n) is 5.19. The Kier molecular flexibility index (Phi) is 6.60. The summed E-state index contributed by atoms with van der Waals surface area (Å²) in [7, 11) is 0. The first-order valence-corrected chi connectivity index (χ1v) is 11.4. The van der Waals surface area contributed by atoms with Gasteiger partial charge in [-0.05, 0) is 44.7 Å². The summed E-state index contributed by atoms with van der Waals surface area (Å²) >= 11 is 0. The van der Waals surface area contributed by atoms with Crippen molar-refractivity contribution in [3.63, 3.8) is 0 Å². The van der Waals surface area contributed by atoms with Crippen molar-refractivity contribution in [3.05, 3.63) is 29.8 Å². The third-order valence-corrected chi connectivity index (χ3v) is 6.65. The van der Waals surface area contributed by atoms with E-state index in [4.69, 9.17) is 9.47 Å². The molecule has 1 aliphatic carbocycles. The van der Waals surface area contributed by atoms with Crippen molar-refractivity contribution >= 4 is 23.5 Å². The maximum atomic E-state index is 13.4. The summed E-state index contributed by atoms with van der Waals surface area (Å²) in [6, 6.07) is 7.95. The Morgan fingerprint density at radius 3 is 2.45 bits per heavy atom. The molecule has 4 unspecified atom stereocenters. The number of amides is 2. The SMILES string of the molecule is CC1CN(C(=O)COC(=O)C2CCCCC2C(=O)N2CCc3ccccc32)CC(C)O1. The van der Waals surface area contributed by atoms with Gasteiger partial charge >= 0.3 is 5.97 Å². The van der Waals surface area contributed by atoms with Gasteiger partial charge in [-0.25, -0.2) is 0 Å². The molecule has 4 rings (SSSR count). The molecule has 4 atom stereocenters. The van der Waals surface area contributed by atoms with Crippen LogP contribution >= 0.6 is 0 Å². The second kappa shape index (κ2) is 9.39. The van der Waals surface area contributed by atoms with E-state index in [0.29, 0.717) is 32.5 Å². The summed E-state index contributed by atoms with van der Waals surface area (Å²) in [6.45, 7) is 5.23. The molecule has 1 saturated carbocycles. The van der Waals surface area contributed by atoms with E-state index in [2.05, 4.69) is 0 Å². The minimum absolute atomic E-state index is 0.00811. The molecular formula is C24H32N2O5. The van der Waals surface area contributed by atoms with Crippen molar-refractivity contribution in [1.82, 2.24) is 4.90 Å². The van der Waals surface area contributed by atoms with Gasteiger partial charge in [-0.15, -0.1) is 0 Å². The Morgan fingerprint density at radius 2 is 1.71 bits per heavy atom. The average molecular weight is 429 g/mol. The van der Waals surface area contributed by atoms with Gasteiger partial charge in [-0.3, -0.25) is 14.4 Å². The predicted octanol–water partition coefficient (Wildman–Crippen LogP) is 2.56. The smallest absolute Gasteiger partial charge is 0.310 e. The molecule has 0 spiro atoms. The van der Waals surface area contributed by atoms with Crippen LogP contribution < -0.4 is 4.90 Å². The van der Waals surface area contributed by atoms with Gasteiger partial charge in [0.05, 0.1) is 24.0 Å². The number of para-hydroxylation sites is 1. The number of esters is 1. The van der Waals surface area contributed by atoms with E-state index in [0.717, 1.165) is 24.9 Å². The number of nitrogens with zero attached hydrogens (tertiary/aromatic N) is 2.